The van der Waals surface area contributed by atoms with Gasteiger partial charge in [-0.1, -0.05) is 48.0 Å². The summed E-state index contributed by atoms with van der Waals surface area (Å²) >= 11 is 0. The number of hydrogen-bond donors (Lipinski definition) is 1. The van der Waals surface area contributed by atoms with Crippen molar-refractivity contribution in [1.82, 2.24) is 0 Å². The van der Waals surface area contributed by atoms with E-state index < -0.39 is 0 Å². The first-order valence-electron chi connectivity index (χ1n) is 6.81. The predicted octanol–water partition coefficient (Wildman–Crippen LogP) is 4.03. The van der Waals surface area contributed by atoms with Crippen LogP contribution in [0.5, 0.6) is 0 Å². The second-order valence-electron chi connectivity index (χ2n) is 5.83. The summed E-state index contributed by atoms with van der Waals surface area (Å²) in [5.74, 6) is 0. The second kappa shape index (κ2) is 5.18. The number of benzene rings is 2. The Morgan fingerprint density at radius 3 is 2.11 bits per heavy atom. The molecule has 0 spiro atoms. The summed E-state index contributed by atoms with van der Waals surface area (Å²) in [5.41, 5.74) is 12.7. The van der Waals surface area contributed by atoms with Crippen LogP contribution in [-0.2, 0) is 12.0 Å². The van der Waals surface area contributed by atoms with E-state index in [4.69, 9.17) is 5.73 Å². The van der Waals surface area contributed by atoms with Gasteiger partial charge in [0.15, 0.2) is 0 Å². The molecule has 1 atom stereocenters. The lowest BCUT2D eigenvalue weighted by atomic mass is 9.83. The van der Waals surface area contributed by atoms with Crippen LogP contribution < -0.4 is 5.73 Å². The SMILES string of the molecule is Cc1cccc(C(C)(N)Cc2c(C)cccc2C)c1. The van der Waals surface area contributed by atoms with Gasteiger partial charge >= 0.3 is 0 Å². The zero-order valence-electron chi connectivity index (χ0n) is 12.3. The van der Waals surface area contributed by atoms with Gasteiger partial charge in [-0.3, -0.25) is 0 Å². The quantitative estimate of drug-likeness (QED) is 0.878. The summed E-state index contributed by atoms with van der Waals surface area (Å²) in [6.45, 7) is 8.55. The fourth-order valence-electron chi connectivity index (χ4n) is 2.60. The molecule has 1 nitrogen and oxygen atoms in total. The molecule has 0 aliphatic heterocycles. The molecule has 0 aliphatic carbocycles. The van der Waals surface area contributed by atoms with Crippen LogP contribution in [0.15, 0.2) is 42.5 Å². The van der Waals surface area contributed by atoms with E-state index in [-0.39, 0.29) is 5.54 Å². The third-order valence-corrected chi connectivity index (χ3v) is 3.87. The number of aryl methyl sites for hydroxylation is 3. The molecule has 0 aromatic heterocycles. The molecule has 2 aromatic carbocycles. The molecular weight excluding hydrogens is 230 g/mol. The van der Waals surface area contributed by atoms with Crippen molar-refractivity contribution in [3.8, 4) is 0 Å². The summed E-state index contributed by atoms with van der Waals surface area (Å²) in [6.07, 6.45) is 0.870. The third kappa shape index (κ3) is 3.05. The maximum atomic E-state index is 6.58. The summed E-state index contributed by atoms with van der Waals surface area (Å²) in [5, 5.41) is 0. The highest BCUT2D eigenvalue weighted by Crippen LogP contribution is 2.26. The van der Waals surface area contributed by atoms with E-state index in [0.29, 0.717) is 0 Å². The van der Waals surface area contributed by atoms with Gasteiger partial charge in [-0.05, 0) is 56.4 Å². The maximum Gasteiger partial charge on any atom is 0.0422 e. The van der Waals surface area contributed by atoms with Crippen LogP contribution in [0.2, 0.25) is 0 Å². The standard InChI is InChI=1S/C18H23N/c1-13-7-5-10-16(11-13)18(4,19)12-17-14(2)8-6-9-15(17)3/h5-11H,12,19H2,1-4H3. The van der Waals surface area contributed by atoms with Gasteiger partial charge < -0.3 is 5.73 Å². The summed E-state index contributed by atoms with van der Waals surface area (Å²) in [6, 6.07) is 14.9. The Balaban J connectivity index is 2.36. The molecule has 2 rings (SSSR count). The van der Waals surface area contributed by atoms with Gasteiger partial charge in [-0.2, -0.15) is 0 Å². The normalized spacial score (nSPS) is 14.2. The lowest BCUT2D eigenvalue weighted by molar-refractivity contribution is 0.489. The fourth-order valence-corrected chi connectivity index (χ4v) is 2.60. The van der Waals surface area contributed by atoms with Crippen LogP contribution in [0.25, 0.3) is 0 Å². The molecule has 0 saturated carbocycles. The first-order chi connectivity index (χ1) is 8.90. The molecule has 0 heterocycles. The van der Waals surface area contributed by atoms with Gasteiger partial charge in [0.1, 0.15) is 0 Å². The average Bonchev–Trinajstić information content (AvgIpc) is 2.34. The Bertz CT molecular complexity index is 562. The minimum Gasteiger partial charge on any atom is -0.321 e. The molecular formula is C18H23N. The largest absolute Gasteiger partial charge is 0.321 e. The van der Waals surface area contributed by atoms with Crippen LogP contribution >= 0.6 is 0 Å². The number of hydrogen-bond acceptors (Lipinski definition) is 1. The van der Waals surface area contributed by atoms with Crippen molar-refractivity contribution in [3.05, 3.63) is 70.3 Å². The topological polar surface area (TPSA) is 26.0 Å². The van der Waals surface area contributed by atoms with Crippen molar-refractivity contribution in [2.45, 2.75) is 39.7 Å². The van der Waals surface area contributed by atoms with Crippen molar-refractivity contribution in [1.29, 1.82) is 0 Å². The van der Waals surface area contributed by atoms with Gasteiger partial charge in [-0.15, -0.1) is 0 Å². The predicted molar refractivity (Wildman–Crippen MR) is 82.3 cm³/mol. The van der Waals surface area contributed by atoms with Crippen LogP contribution in [0.3, 0.4) is 0 Å². The van der Waals surface area contributed by atoms with E-state index in [1.165, 1.54) is 27.8 Å². The molecule has 1 unspecified atom stereocenters. The molecule has 0 saturated heterocycles. The van der Waals surface area contributed by atoms with E-state index in [1.807, 2.05) is 0 Å². The van der Waals surface area contributed by atoms with Crippen molar-refractivity contribution >= 4 is 0 Å². The lowest BCUT2D eigenvalue weighted by Crippen LogP contribution is -2.36. The maximum absolute atomic E-state index is 6.58. The van der Waals surface area contributed by atoms with Crippen molar-refractivity contribution in [2.75, 3.05) is 0 Å². The molecule has 0 bridgehead atoms. The minimum absolute atomic E-state index is 0.330. The van der Waals surface area contributed by atoms with E-state index in [1.54, 1.807) is 0 Å². The molecule has 1 heteroatoms. The molecule has 0 aliphatic rings. The van der Waals surface area contributed by atoms with E-state index in [9.17, 15) is 0 Å². The molecule has 2 N–H and O–H groups in total. The van der Waals surface area contributed by atoms with Gasteiger partial charge in [0, 0.05) is 5.54 Å². The summed E-state index contributed by atoms with van der Waals surface area (Å²) in [7, 11) is 0. The smallest absolute Gasteiger partial charge is 0.0422 e. The first kappa shape index (κ1) is 13.8. The van der Waals surface area contributed by atoms with Gasteiger partial charge in [0.05, 0.1) is 0 Å². The van der Waals surface area contributed by atoms with Crippen LogP contribution in [-0.4, -0.2) is 0 Å². The Morgan fingerprint density at radius 1 is 0.947 bits per heavy atom. The number of rotatable bonds is 3. The lowest BCUT2D eigenvalue weighted by Gasteiger charge is -2.27. The highest BCUT2D eigenvalue weighted by atomic mass is 14.7. The fraction of sp³-hybridized carbons (Fsp3) is 0.333. The monoisotopic (exact) mass is 253 g/mol. The Hall–Kier alpha value is -1.60. The van der Waals surface area contributed by atoms with E-state index in [2.05, 4.69) is 70.2 Å². The third-order valence-electron chi connectivity index (χ3n) is 3.87. The van der Waals surface area contributed by atoms with Crippen molar-refractivity contribution in [2.24, 2.45) is 5.73 Å². The second-order valence-corrected chi connectivity index (χ2v) is 5.83. The van der Waals surface area contributed by atoms with Crippen LogP contribution in [0, 0.1) is 20.8 Å². The Kier molecular flexibility index (Phi) is 3.77. The summed E-state index contributed by atoms with van der Waals surface area (Å²) in [4.78, 5) is 0. The summed E-state index contributed by atoms with van der Waals surface area (Å²) < 4.78 is 0. The van der Waals surface area contributed by atoms with E-state index >= 15 is 0 Å². The average molecular weight is 253 g/mol. The molecule has 0 fully saturated rings. The molecule has 100 valence electrons. The highest BCUT2D eigenvalue weighted by molar-refractivity contribution is 5.37. The molecule has 0 amide bonds. The first-order valence-corrected chi connectivity index (χ1v) is 6.81. The van der Waals surface area contributed by atoms with Crippen LogP contribution in [0.4, 0.5) is 0 Å². The minimum atomic E-state index is -0.330. The van der Waals surface area contributed by atoms with Gasteiger partial charge in [0.2, 0.25) is 0 Å². The van der Waals surface area contributed by atoms with Crippen LogP contribution in [0.1, 0.15) is 34.7 Å². The Morgan fingerprint density at radius 2 is 1.53 bits per heavy atom. The zero-order valence-corrected chi connectivity index (χ0v) is 12.3. The van der Waals surface area contributed by atoms with Gasteiger partial charge in [0.25, 0.3) is 0 Å². The zero-order chi connectivity index (χ0) is 14.0. The highest BCUT2D eigenvalue weighted by Gasteiger charge is 2.23. The van der Waals surface area contributed by atoms with Gasteiger partial charge in [-0.25, -0.2) is 0 Å². The molecule has 0 radical (unpaired) electrons. The van der Waals surface area contributed by atoms with Crippen molar-refractivity contribution in [3.63, 3.8) is 0 Å². The molecule has 2 aromatic rings. The number of nitrogens with two attached hydrogens (primary N) is 1. The van der Waals surface area contributed by atoms with E-state index in [0.717, 1.165) is 6.42 Å². The Labute approximate surface area is 116 Å². The van der Waals surface area contributed by atoms with Crippen molar-refractivity contribution < 1.29 is 0 Å². The molecule has 19 heavy (non-hydrogen) atoms.